The summed E-state index contributed by atoms with van der Waals surface area (Å²) in [5, 5.41) is 12.8. The van der Waals surface area contributed by atoms with E-state index in [1.165, 1.54) is 31.8 Å². The van der Waals surface area contributed by atoms with Crippen LogP contribution in [0.2, 0.25) is 0 Å². The smallest absolute Gasteiger partial charge is 0.338 e. The summed E-state index contributed by atoms with van der Waals surface area (Å²) in [5.74, 6) is -1.72. The Balaban J connectivity index is 2.72. The third kappa shape index (κ3) is 3.88. The SMILES string of the molecule is COC(=O)/C=C(C(=O)OC)\C(=C(/O)c1ccccc1)c1nccs1. The van der Waals surface area contributed by atoms with Crippen LogP contribution in [0.5, 0.6) is 0 Å². The summed E-state index contributed by atoms with van der Waals surface area (Å²) in [6.07, 6.45) is 2.51. The summed E-state index contributed by atoms with van der Waals surface area (Å²) in [6.45, 7) is 0. The van der Waals surface area contributed by atoms with Crippen LogP contribution in [0.1, 0.15) is 10.6 Å². The third-order valence-electron chi connectivity index (χ3n) is 3.07. The van der Waals surface area contributed by atoms with E-state index in [0.29, 0.717) is 10.6 Å². The van der Waals surface area contributed by atoms with Crippen LogP contribution in [-0.2, 0) is 19.1 Å². The maximum absolute atomic E-state index is 12.2. The van der Waals surface area contributed by atoms with E-state index in [1.807, 2.05) is 0 Å². The van der Waals surface area contributed by atoms with Crippen LogP contribution in [0.25, 0.3) is 11.3 Å². The largest absolute Gasteiger partial charge is 0.507 e. The fourth-order valence-electron chi connectivity index (χ4n) is 1.95. The molecular weight excluding hydrogens is 330 g/mol. The quantitative estimate of drug-likeness (QED) is 0.388. The van der Waals surface area contributed by atoms with Crippen molar-refractivity contribution in [3.8, 4) is 0 Å². The first-order valence-corrected chi connectivity index (χ1v) is 7.73. The van der Waals surface area contributed by atoms with Crippen molar-refractivity contribution in [2.24, 2.45) is 0 Å². The number of carbonyl (C=O) groups is 2. The number of methoxy groups -OCH3 is 2. The fourth-order valence-corrected chi connectivity index (χ4v) is 2.65. The van der Waals surface area contributed by atoms with E-state index in [1.54, 1.807) is 35.7 Å². The Bertz CT molecular complexity index is 779. The highest BCUT2D eigenvalue weighted by atomic mass is 32.1. The topological polar surface area (TPSA) is 85.7 Å². The van der Waals surface area contributed by atoms with Crippen LogP contribution in [0, 0.1) is 0 Å². The number of benzene rings is 1. The molecule has 1 aromatic heterocycles. The number of aliphatic hydroxyl groups is 1. The number of nitrogens with zero attached hydrogens (tertiary/aromatic N) is 1. The van der Waals surface area contributed by atoms with E-state index in [-0.39, 0.29) is 16.9 Å². The molecule has 0 spiro atoms. The van der Waals surface area contributed by atoms with Gasteiger partial charge < -0.3 is 14.6 Å². The molecule has 0 saturated carbocycles. The first kappa shape index (κ1) is 17.4. The maximum Gasteiger partial charge on any atom is 0.338 e. The van der Waals surface area contributed by atoms with Crippen molar-refractivity contribution in [2.45, 2.75) is 0 Å². The van der Waals surface area contributed by atoms with Gasteiger partial charge in [-0.2, -0.15) is 0 Å². The van der Waals surface area contributed by atoms with Gasteiger partial charge in [0.2, 0.25) is 0 Å². The van der Waals surface area contributed by atoms with Crippen molar-refractivity contribution in [3.63, 3.8) is 0 Å². The van der Waals surface area contributed by atoms with Crippen molar-refractivity contribution in [2.75, 3.05) is 14.2 Å². The molecule has 0 aliphatic rings. The zero-order valence-corrected chi connectivity index (χ0v) is 13.9. The van der Waals surface area contributed by atoms with Gasteiger partial charge in [-0.3, -0.25) is 0 Å². The molecule has 0 aliphatic carbocycles. The molecule has 0 bridgehead atoms. The van der Waals surface area contributed by atoms with Crippen molar-refractivity contribution >= 4 is 34.6 Å². The third-order valence-corrected chi connectivity index (χ3v) is 3.86. The number of rotatable bonds is 5. The van der Waals surface area contributed by atoms with E-state index < -0.39 is 11.9 Å². The summed E-state index contributed by atoms with van der Waals surface area (Å²) < 4.78 is 9.32. The Morgan fingerprint density at radius 2 is 1.88 bits per heavy atom. The number of carbonyl (C=O) groups excluding carboxylic acids is 2. The standard InChI is InChI=1S/C17H15NO5S/c1-22-13(19)10-12(17(21)23-2)14(16-18-8-9-24-16)15(20)11-6-4-3-5-7-11/h3-10,20H,1-2H3/b12-10+,15-14+. The van der Waals surface area contributed by atoms with Crippen molar-refractivity contribution < 1.29 is 24.2 Å². The van der Waals surface area contributed by atoms with Crippen LogP contribution in [-0.4, -0.2) is 36.2 Å². The average molecular weight is 345 g/mol. The van der Waals surface area contributed by atoms with Gasteiger partial charge in [0.25, 0.3) is 0 Å². The average Bonchev–Trinajstić information content (AvgIpc) is 3.15. The normalized spacial score (nSPS) is 12.3. The molecule has 0 atom stereocenters. The number of aliphatic hydroxyl groups excluding tert-OH is 1. The summed E-state index contributed by atoms with van der Waals surface area (Å²) in [5.41, 5.74) is 0.441. The Hall–Kier alpha value is -2.93. The minimum atomic E-state index is -0.784. The summed E-state index contributed by atoms with van der Waals surface area (Å²) in [7, 11) is 2.38. The van der Waals surface area contributed by atoms with Gasteiger partial charge in [0.15, 0.2) is 0 Å². The highest BCUT2D eigenvalue weighted by molar-refractivity contribution is 7.10. The van der Waals surface area contributed by atoms with Crippen LogP contribution >= 0.6 is 11.3 Å². The molecule has 24 heavy (non-hydrogen) atoms. The van der Waals surface area contributed by atoms with E-state index in [0.717, 1.165) is 6.08 Å². The minimum absolute atomic E-state index is 0.105. The Morgan fingerprint density at radius 3 is 2.42 bits per heavy atom. The molecule has 1 heterocycles. The van der Waals surface area contributed by atoms with Gasteiger partial charge in [0.05, 0.1) is 25.4 Å². The van der Waals surface area contributed by atoms with E-state index in [9.17, 15) is 14.7 Å². The highest BCUT2D eigenvalue weighted by Gasteiger charge is 2.25. The van der Waals surface area contributed by atoms with Gasteiger partial charge in [-0.25, -0.2) is 14.6 Å². The monoisotopic (exact) mass is 345 g/mol. The van der Waals surface area contributed by atoms with E-state index in [4.69, 9.17) is 4.74 Å². The molecule has 1 N–H and O–H groups in total. The number of hydrogen-bond donors (Lipinski definition) is 1. The minimum Gasteiger partial charge on any atom is -0.507 e. The maximum atomic E-state index is 12.2. The molecule has 0 amide bonds. The second-order valence-corrected chi connectivity index (χ2v) is 5.39. The molecule has 7 heteroatoms. The summed E-state index contributed by atoms with van der Waals surface area (Å²) in [6, 6.07) is 8.64. The van der Waals surface area contributed by atoms with Crippen molar-refractivity contribution in [3.05, 3.63) is 64.1 Å². The Labute approximate surface area is 142 Å². The first-order valence-electron chi connectivity index (χ1n) is 6.85. The lowest BCUT2D eigenvalue weighted by Gasteiger charge is -2.11. The molecule has 2 rings (SSSR count). The van der Waals surface area contributed by atoms with E-state index >= 15 is 0 Å². The second-order valence-electron chi connectivity index (χ2n) is 4.50. The molecule has 2 aromatic rings. The number of ether oxygens (including phenoxy) is 2. The molecule has 0 fully saturated rings. The van der Waals surface area contributed by atoms with Gasteiger partial charge in [0.1, 0.15) is 10.8 Å². The zero-order chi connectivity index (χ0) is 17.5. The van der Waals surface area contributed by atoms with Crippen LogP contribution in [0.15, 0.2) is 53.6 Å². The Morgan fingerprint density at radius 1 is 1.17 bits per heavy atom. The summed E-state index contributed by atoms with van der Waals surface area (Å²) >= 11 is 1.22. The fraction of sp³-hybridized carbons (Fsp3) is 0.118. The number of hydrogen-bond acceptors (Lipinski definition) is 7. The molecule has 0 aliphatic heterocycles. The van der Waals surface area contributed by atoms with Gasteiger partial charge in [-0.05, 0) is 0 Å². The molecule has 0 saturated heterocycles. The van der Waals surface area contributed by atoms with Crippen LogP contribution < -0.4 is 0 Å². The van der Waals surface area contributed by atoms with Crippen LogP contribution in [0.3, 0.4) is 0 Å². The lowest BCUT2D eigenvalue weighted by molar-refractivity contribution is -0.138. The van der Waals surface area contributed by atoms with Crippen LogP contribution in [0.4, 0.5) is 0 Å². The first-order chi connectivity index (χ1) is 11.6. The van der Waals surface area contributed by atoms with Crippen molar-refractivity contribution in [1.82, 2.24) is 4.98 Å². The summed E-state index contributed by atoms with van der Waals surface area (Å²) in [4.78, 5) is 28.0. The lowest BCUT2D eigenvalue weighted by Crippen LogP contribution is -2.11. The van der Waals surface area contributed by atoms with Gasteiger partial charge in [0, 0.05) is 23.2 Å². The molecule has 6 nitrogen and oxygen atoms in total. The number of esters is 2. The molecule has 124 valence electrons. The predicted molar refractivity (Wildman–Crippen MR) is 90.1 cm³/mol. The van der Waals surface area contributed by atoms with Gasteiger partial charge in [-0.1, -0.05) is 30.3 Å². The molecular formula is C17H15NO5S. The van der Waals surface area contributed by atoms with Gasteiger partial charge in [-0.15, -0.1) is 11.3 Å². The van der Waals surface area contributed by atoms with Crippen molar-refractivity contribution in [1.29, 1.82) is 0 Å². The molecule has 1 aromatic carbocycles. The lowest BCUT2D eigenvalue weighted by atomic mass is 10.0. The highest BCUT2D eigenvalue weighted by Crippen LogP contribution is 2.32. The second kappa shape index (κ2) is 8.07. The zero-order valence-electron chi connectivity index (χ0n) is 13.1. The molecule has 0 radical (unpaired) electrons. The number of aromatic nitrogens is 1. The molecule has 0 unspecified atom stereocenters. The number of thiazole rings is 1. The van der Waals surface area contributed by atoms with E-state index in [2.05, 4.69) is 9.72 Å². The Kier molecular flexibility index (Phi) is 5.86. The van der Waals surface area contributed by atoms with Gasteiger partial charge >= 0.3 is 11.9 Å². The predicted octanol–water partition coefficient (Wildman–Crippen LogP) is 2.84.